The minimum Gasteiger partial charge on any atom is -0.346 e. The highest BCUT2D eigenvalue weighted by Crippen LogP contribution is 2.31. The van der Waals surface area contributed by atoms with Crippen molar-refractivity contribution in [1.82, 2.24) is 0 Å². The molecule has 1 aromatic rings. The van der Waals surface area contributed by atoms with Crippen molar-refractivity contribution < 1.29 is 13.9 Å². The van der Waals surface area contributed by atoms with Crippen LogP contribution in [0.15, 0.2) is 16.6 Å². The quantitative estimate of drug-likeness (QED) is 0.773. The van der Waals surface area contributed by atoms with Crippen molar-refractivity contribution in [2.24, 2.45) is 0 Å². The third-order valence-electron chi connectivity index (χ3n) is 2.15. The van der Waals surface area contributed by atoms with Gasteiger partial charge in [-0.05, 0) is 24.6 Å². The standard InChI is InChI=1S/C10H10BrFO2/c1-6-4-7(8(11)5-9(6)12)10-13-2-3-14-10/h4-5,10H,2-3H2,1H3. The van der Waals surface area contributed by atoms with Gasteiger partial charge in [-0.3, -0.25) is 0 Å². The SMILES string of the molecule is Cc1cc(C2OCCO2)c(Br)cc1F. The van der Waals surface area contributed by atoms with E-state index in [1.54, 1.807) is 13.0 Å². The molecule has 0 N–H and O–H groups in total. The van der Waals surface area contributed by atoms with Crippen LogP contribution in [-0.4, -0.2) is 13.2 Å². The van der Waals surface area contributed by atoms with Crippen molar-refractivity contribution in [3.8, 4) is 0 Å². The summed E-state index contributed by atoms with van der Waals surface area (Å²) in [6.07, 6.45) is -0.358. The highest BCUT2D eigenvalue weighted by molar-refractivity contribution is 9.10. The second kappa shape index (κ2) is 3.96. The first-order valence-corrected chi connectivity index (χ1v) is 5.16. The third kappa shape index (κ3) is 1.82. The van der Waals surface area contributed by atoms with Gasteiger partial charge in [0.1, 0.15) is 5.82 Å². The van der Waals surface area contributed by atoms with Gasteiger partial charge in [0.05, 0.1) is 13.2 Å². The molecule has 2 rings (SSSR count). The molecule has 0 saturated carbocycles. The Morgan fingerprint density at radius 1 is 1.36 bits per heavy atom. The van der Waals surface area contributed by atoms with Crippen LogP contribution >= 0.6 is 15.9 Å². The van der Waals surface area contributed by atoms with Crippen LogP contribution in [0.5, 0.6) is 0 Å². The number of rotatable bonds is 1. The second-order valence-corrected chi connectivity index (χ2v) is 4.05. The fourth-order valence-electron chi connectivity index (χ4n) is 1.40. The molecular weight excluding hydrogens is 251 g/mol. The number of halogens is 2. The van der Waals surface area contributed by atoms with E-state index >= 15 is 0 Å². The molecule has 1 aliphatic heterocycles. The number of hydrogen-bond acceptors (Lipinski definition) is 2. The van der Waals surface area contributed by atoms with Gasteiger partial charge in [0.2, 0.25) is 0 Å². The summed E-state index contributed by atoms with van der Waals surface area (Å²) in [7, 11) is 0. The Labute approximate surface area is 90.1 Å². The Bertz CT molecular complexity index is 348. The molecule has 1 heterocycles. The molecule has 1 aromatic carbocycles. The lowest BCUT2D eigenvalue weighted by Crippen LogP contribution is -2.00. The molecule has 0 atom stereocenters. The Balaban J connectivity index is 2.37. The van der Waals surface area contributed by atoms with Gasteiger partial charge in [0.15, 0.2) is 6.29 Å². The van der Waals surface area contributed by atoms with Crippen molar-refractivity contribution >= 4 is 15.9 Å². The molecule has 0 aromatic heterocycles. The van der Waals surface area contributed by atoms with E-state index in [4.69, 9.17) is 9.47 Å². The van der Waals surface area contributed by atoms with E-state index in [0.717, 1.165) is 5.56 Å². The molecule has 0 bridgehead atoms. The van der Waals surface area contributed by atoms with Gasteiger partial charge in [0.25, 0.3) is 0 Å². The maximum absolute atomic E-state index is 13.1. The van der Waals surface area contributed by atoms with Gasteiger partial charge in [-0.2, -0.15) is 0 Å². The molecule has 0 aliphatic carbocycles. The Hall–Kier alpha value is -0.450. The van der Waals surface area contributed by atoms with Crippen LogP contribution in [0, 0.1) is 12.7 Å². The molecule has 1 fully saturated rings. The number of aryl methyl sites for hydroxylation is 1. The van der Waals surface area contributed by atoms with Crippen molar-refractivity contribution in [2.45, 2.75) is 13.2 Å². The molecule has 4 heteroatoms. The molecule has 0 spiro atoms. The minimum atomic E-state index is -0.358. The molecule has 76 valence electrons. The molecule has 0 radical (unpaired) electrons. The van der Waals surface area contributed by atoms with Gasteiger partial charge in [-0.25, -0.2) is 4.39 Å². The largest absolute Gasteiger partial charge is 0.346 e. The summed E-state index contributed by atoms with van der Waals surface area (Å²) in [6.45, 7) is 2.90. The Morgan fingerprint density at radius 3 is 2.64 bits per heavy atom. The lowest BCUT2D eigenvalue weighted by molar-refractivity contribution is -0.0447. The van der Waals surface area contributed by atoms with Crippen molar-refractivity contribution in [3.63, 3.8) is 0 Å². The van der Waals surface area contributed by atoms with Gasteiger partial charge in [0, 0.05) is 10.0 Å². The number of ether oxygens (including phenoxy) is 2. The summed E-state index contributed by atoms with van der Waals surface area (Å²) in [5.41, 5.74) is 1.45. The van der Waals surface area contributed by atoms with Gasteiger partial charge >= 0.3 is 0 Å². The van der Waals surface area contributed by atoms with Crippen molar-refractivity contribution in [2.75, 3.05) is 13.2 Å². The van der Waals surface area contributed by atoms with E-state index in [1.165, 1.54) is 6.07 Å². The zero-order valence-electron chi connectivity index (χ0n) is 7.72. The predicted molar refractivity (Wildman–Crippen MR) is 53.5 cm³/mol. The monoisotopic (exact) mass is 260 g/mol. The lowest BCUT2D eigenvalue weighted by Gasteiger charge is -2.12. The molecule has 2 nitrogen and oxygen atoms in total. The molecule has 14 heavy (non-hydrogen) atoms. The summed E-state index contributed by atoms with van der Waals surface area (Å²) in [6, 6.07) is 3.19. The smallest absolute Gasteiger partial charge is 0.185 e. The highest BCUT2D eigenvalue weighted by Gasteiger charge is 2.21. The van der Waals surface area contributed by atoms with Gasteiger partial charge < -0.3 is 9.47 Å². The van der Waals surface area contributed by atoms with Crippen LogP contribution in [0.1, 0.15) is 17.4 Å². The Morgan fingerprint density at radius 2 is 2.00 bits per heavy atom. The lowest BCUT2D eigenvalue weighted by atomic mass is 10.1. The zero-order chi connectivity index (χ0) is 10.1. The summed E-state index contributed by atoms with van der Waals surface area (Å²) < 4.78 is 24.5. The van der Waals surface area contributed by atoms with E-state index in [2.05, 4.69) is 15.9 Å². The van der Waals surface area contributed by atoms with Crippen LogP contribution in [-0.2, 0) is 9.47 Å². The van der Waals surface area contributed by atoms with Crippen LogP contribution in [0.25, 0.3) is 0 Å². The van der Waals surface area contributed by atoms with Crippen LogP contribution in [0.4, 0.5) is 4.39 Å². The summed E-state index contributed by atoms with van der Waals surface area (Å²) >= 11 is 3.29. The van der Waals surface area contributed by atoms with E-state index in [1.807, 2.05) is 0 Å². The van der Waals surface area contributed by atoms with Crippen LogP contribution in [0.2, 0.25) is 0 Å². The normalized spacial score (nSPS) is 17.6. The van der Waals surface area contributed by atoms with E-state index < -0.39 is 0 Å². The summed E-state index contributed by atoms with van der Waals surface area (Å²) in [5, 5.41) is 0. The molecule has 1 saturated heterocycles. The van der Waals surface area contributed by atoms with Crippen molar-refractivity contribution in [3.05, 3.63) is 33.5 Å². The maximum atomic E-state index is 13.1. The van der Waals surface area contributed by atoms with Crippen LogP contribution < -0.4 is 0 Å². The molecular formula is C10H10BrFO2. The first kappa shape index (κ1) is 10.1. The molecule has 0 amide bonds. The fourth-order valence-corrected chi connectivity index (χ4v) is 1.90. The van der Waals surface area contributed by atoms with Gasteiger partial charge in [-0.15, -0.1) is 0 Å². The van der Waals surface area contributed by atoms with E-state index in [9.17, 15) is 4.39 Å². The summed E-state index contributed by atoms with van der Waals surface area (Å²) in [5.74, 6) is -0.223. The average Bonchev–Trinajstić information content (AvgIpc) is 2.64. The molecule has 0 unspecified atom stereocenters. The topological polar surface area (TPSA) is 18.5 Å². The van der Waals surface area contributed by atoms with E-state index in [-0.39, 0.29) is 12.1 Å². The van der Waals surface area contributed by atoms with E-state index in [0.29, 0.717) is 23.2 Å². The summed E-state index contributed by atoms with van der Waals surface area (Å²) in [4.78, 5) is 0. The number of benzene rings is 1. The fraction of sp³-hybridized carbons (Fsp3) is 0.400. The number of hydrogen-bond donors (Lipinski definition) is 0. The van der Waals surface area contributed by atoms with Crippen LogP contribution in [0.3, 0.4) is 0 Å². The Kier molecular flexibility index (Phi) is 2.85. The predicted octanol–water partition coefficient (Wildman–Crippen LogP) is 2.94. The first-order chi connectivity index (χ1) is 6.68. The second-order valence-electron chi connectivity index (χ2n) is 3.20. The average molecular weight is 261 g/mol. The first-order valence-electron chi connectivity index (χ1n) is 4.37. The van der Waals surface area contributed by atoms with Crippen molar-refractivity contribution in [1.29, 1.82) is 0 Å². The maximum Gasteiger partial charge on any atom is 0.185 e. The zero-order valence-corrected chi connectivity index (χ0v) is 9.30. The third-order valence-corrected chi connectivity index (χ3v) is 2.84. The highest BCUT2D eigenvalue weighted by atomic mass is 79.9. The minimum absolute atomic E-state index is 0.223. The van der Waals surface area contributed by atoms with Gasteiger partial charge in [-0.1, -0.05) is 15.9 Å². The molecule has 1 aliphatic rings.